The number of nitrogens with zero attached hydrogens (tertiary/aromatic N) is 2. The van der Waals surface area contributed by atoms with Crippen LogP contribution in [-0.4, -0.2) is 35.4 Å². The lowest BCUT2D eigenvalue weighted by Crippen LogP contribution is -2.11. The first kappa shape index (κ1) is 17.0. The fourth-order valence-electron chi connectivity index (χ4n) is 1.34. The van der Waals surface area contributed by atoms with Crippen molar-refractivity contribution in [1.82, 2.24) is 4.98 Å². The van der Waals surface area contributed by atoms with E-state index >= 15 is 0 Å². The summed E-state index contributed by atoms with van der Waals surface area (Å²) < 4.78 is 4.85. The Kier molecular flexibility index (Phi) is 6.73. The summed E-state index contributed by atoms with van der Waals surface area (Å²) in [7, 11) is 0. The van der Waals surface area contributed by atoms with Crippen LogP contribution in [0.4, 0.5) is 0 Å². The third-order valence-electron chi connectivity index (χ3n) is 2.22. The zero-order valence-electron chi connectivity index (χ0n) is 11.1. The Bertz CT molecular complexity index is 634. The van der Waals surface area contributed by atoms with Gasteiger partial charge in [0.1, 0.15) is 21.6 Å². The number of carbonyl (C=O) groups excluding carboxylic acids is 1. The molecule has 1 N–H and O–H groups in total. The molecule has 0 aliphatic carbocycles. The van der Waals surface area contributed by atoms with Gasteiger partial charge in [0.2, 0.25) is 0 Å². The molecule has 0 spiro atoms. The average Bonchev–Trinajstić information content (AvgIpc) is 2.43. The average molecular weight is 327 g/mol. The van der Waals surface area contributed by atoms with Crippen LogP contribution in [0.5, 0.6) is 0 Å². The zero-order valence-corrected chi connectivity index (χ0v) is 12.6. The van der Waals surface area contributed by atoms with Crippen molar-refractivity contribution in [1.29, 1.82) is 0 Å². The van der Waals surface area contributed by atoms with Crippen molar-refractivity contribution >= 4 is 41.1 Å². The lowest BCUT2D eigenvalue weighted by atomic mass is 10.1. The maximum Gasteiger partial charge on any atom is 0.343 e. The van der Waals surface area contributed by atoms with Gasteiger partial charge in [-0.25, -0.2) is 9.78 Å². The predicted octanol–water partition coefficient (Wildman–Crippen LogP) is 2.92. The topological polar surface area (TPSA) is 71.8 Å². The first-order valence-electron chi connectivity index (χ1n) is 5.87. The van der Waals surface area contributed by atoms with Crippen LogP contribution in [0.15, 0.2) is 22.7 Å². The summed E-state index contributed by atoms with van der Waals surface area (Å²) in [6.07, 6.45) is 6.21. The lowest BCUT2D eigenvalue weighted by Gasteiger charge is -2.08. The highest BCUT2D eigenvalue weighted by molar-refractivity contribution is 6.33. The van der Waals surface area contributed by atoms with E-state index in [0.717, 1.165) is 6.21 Å². The number of rotatable bonds is 5. The number of aliphatic hydroxyl groups is 1. The highest BCUT2D eigenvalue weighted by Crippen LogP contribution is 2.24. The minimum Gasteiger partial charge on any atom is -0.506 e. The number of halogens is 2. The molecule has 0 radical (unpaired) electrons. The van der Waals surface area contributed by atoms with E-state index in [-0.39, 0.29) is 34.6 Å². The molecule has 0 fully saturated rings. The maximum absolute atomic E-state index is 11.9. The van der Waals surface area contributed by atoms with Crippen molar-refractivity contribution in [3.8, 4) is 12.3 Å². The SMILES string of the molecule is C#CCN=C/C(C(=O)OCC)=C(/O)c1ccc(Cl)nc1Cl. The number of aliphatic hydroxyl groups excluding tert-OH is 1. The Morgan fingerprint density at radius 1 is 1.57 bits per heavy atom. The Hall–Kier alpha value is -2.03. The number of hydrogen-bond donors (Lipinski definition) is 1. The third-order valence-corrected chi connectivity index (χ3v) is 2.72. The Morgan fingerprint density at radius 3 is 2.86 bits per heavy atom. The highest BCUT2D eigenvalue weighted by atomic mass is 35.5. The number of esters is 1. The van der Waals surface area contributed by atoms with Gasteiger partial charge in [0.25, 0.3) is 0 Å². The smallest absolute Gasteiger partial charge is 0.343 e. The molecule has 0 saturated heterocycles. The number of aliphatic imine (C=N–C) groups is 1. The second-order valence-corrected chi connectivity index (χ2v) is 4.37. The van der Waals surface area contributed by atoms with Crippen LogP contribution in [0.1, 0.15) is 12.5 Å². The molecule has 21 heavy (non-hydrogen) atoms. The van der Waals surface area contributed by atoms with Crippen LogP contribution in [0, 0.1) is 12.3 Å². The zero-order chi connectivity index (χ0) is 15.8. The van der Waals surface area contributed by atoms with E-state index in [1.54, 1.807) is 6.92 Å². The summed E-state index contributed by atoms with van der Waals surface area (Å²) >= 11 is 11.6. The Morgan fingerprint density at radius 2 is 2.29 bits per heavy atom. The van der Waals surface area contributed by atoms with Gasteiger partial charge in [0, 0.05) is 6.21 Å². The highest BCUT2D eigenvalue weighted by Gasteiger charge is 2.18. The largest absolute Gasteiger partial charge is 0.506 e. The van der Waals surface area contributed by atoms with E-state index in [1.807, 2.05) is 0 Å². The van der Waals surface area contributed by atoms with Gasteiger partial charge in [-0.2, -0.15) is 0 Å². The summed E-state index contributed by atoms with van der Waals surface area (Å²) in [5.74, 6) is 1.12. The molecule has 7 heteroatoms. The molecular weight excluding hydrogens is 315 g/mol. The van der Waals surface area contributed by atoms with Gasteiger partial charge in [-0.15, -0.1) is 6.42 Å². The Labute approximate surface area is 132 Å². The van der Waals surface area contributed by atoms with Crippen molar-refractivity contribution in [3.05, 3.63) is 33.6 Å². The molecule has 0 unspecified atom stereocenters. The second kappa shape index (κ2) is 8.30. The fourth-order valence-corrected chi connectivity index (χ4v) is 1.78. The molecule has 0 bridgehead atoms. The van der Waals surface area contributed by atoms with Crippen molar-refractivity contribution in [2.45, 2.75) is 6.92 Å². The summed E-state index contributed by atoms with van der Waals surface area (Å²) in [4.78, 5) is 19.5. The quantitative estimate of drug-likeness (QED) is 0.225. The fraction of sp³-hybridized carbons (Fsp3) is 0.214. The van der Waals surface area contributed by atoms with Crippen LogP contribution >= 0.6 is 23.2 Å². The molecule has 1 aromatic heterocycles. The molecule has 110 valence electrons. The molecule has 0 saturated carbocycles. The standard InChI is InChI=1S/C14H12Cl2N2O3/c1-3-7-17-8-10(14(20)21-4-2)12(19)9-5-6-11(15)18-13(9)16/h1,5-6,8,19H,4,7H2,2H3/b12-10-,17-8?. The normalized spacial score (nSPS) is 11.9. The van der Waals surface area contributed by atoms with E-state index in [4.69, 9.17) is 34.4 Å². The molecule has 1 heterocycles. The summed E-state index contributed by atoms with van der Waals surface area (Å²) in [6.45, 7) is 1.84. The van der Waals surface area contributed by atoms with E-state index in [1.165, 1.54) is 12.1 Å². The molecule has 1 rings (SSSR count). The number of pyridine rings is 1. The van der Waals surface area contributed by atoms with Crippen LogP contribution < -0.4 is 0 Å². The summed E-state index contributed by atoms with van der Waals surface area (Å²) in [6, 6.07) is 2.86. The second-order valence-electron chi connectivity index (χ2n) is 3.63. The molecule has 0 aromatic carbocycles. The van der Waals surface area contributed by atoms with Gasteiger partial charge >= 0.3 is 5.97 Å². The minimum absolute atomic E-state index is 0.0489. The van der Waals surface area contributed by atoms with Crippen LogP contribution in [-0.2, 0) is 9.53 Å². The summed E-state index contributed by atoms with van der Waals surface area (Å²) in [5.41, 5.74) is -0.0330. The van der Waals surface area contributed by atoms with E-state index in [0.29, 0.717) is 0 Å². The number of ether oxygens (including phenoxy) is 1. The molecule has 1 aromatic rings. The van der Waals surface area contributed by atoms with E-state index < -0.39 is 11.7 Å². The van der Waals surface area contributed by atoms with Crippen molar-refractivity contribution in [2.24, 2.45) is 4.99 Å². The lowest BCUT2D eigenvalue weighted by molar-refractivity contribution is -0.137. The van der Waals surface area contributed by atoms with E-state index in [9.17, 15) is 9.90 Å². The van der Waals surface area contributed by atoms with Crippen molar-refractivity contribution < 1.29 is 14.6 Å². The number of terminal acetylenes is 1. The first-order valence-corrected chi connectivity index (χ1v) is 6.62. The third kappa shape index (κ3) is 4.78. The minimum atomic E-state index is -0.748. The predicted molar refractivity (Wildman–Crippen MR) is 82.6 cm³/mol. The van der Waals surface area contributed by atoms with Gasteiger partial charge in [0.15, 0.2) is 0 Å². The molecule has 5 nitrogen and oxygen atoms in total. The van der Waals surface area contributed by atoms with Gasteiger partial charge in [-0.1, -0.05) is 29.1 Å². The van der Waals surface area contributed by atoms with Crippen LogP contribution in [0.2, 0.25) is 10.3 Å². The number of carbonyl (C=O) groups is 1. The first-order chi connectivity index (χ1) is 10.0. The number of hydrogen-bond acceptors (Lipinski definition) is 5. The summed E-state index contributed by atoms with van der Waals surface area (Å²) in [5, 5.41) is 10.3. The maximum atomic E-state index is 11.9. The van der Waals surface area contributed by atoms with Gasteiger partial charge in [0.05, 0.1) is 18.7 Å². The molecular formula is C14H12Cl2N2O3. The van der Waals surface area contributed by atoms with Crippen molar-refractivity contribution in [2.75, 3.05) is 13.2 Å². The van der Waals surface area contributed by atoms with Crippen molar-refractivity contribution in [3.63, 3.8) is 0 Å². The molecule has 0 atom stereocenters. The molecule has 0 aliphatic rings. The molecule has 0 amide bonds. The van der Waals surface area contributed by atoms with Gasteiger partial charge in [-0.05, 0) is 19.1 Å². The van der Waals surface area contributed by atoms with E-state index in [2.05, 4.69) is 15.9 Å². The molecule has 0 aliphatic heterocycles. The Balaban J connectivity index is 3.31. The monoisotopic (exact) mass is 326 g/mol. The van der Waals surface area contributed by atoms with Crippen LogP contribution in [0.3, 0.4) is 0 Å². The van der Waals surface area contributed by atoms with Gasteiger partial charge < -0.3 is 9.84 Å². The van der Waals surface area contributed by atoms with Gasteiger partial charge in [-0.3, -0.25) is 4.99 Å². The van der Waals surface area contributed by atoms with Crippen LogP contribution in [0.25, 0.3) is 5.76 Å². The number of aromatic nitrogens is 1.